The van der Waals surface area contributed by atoms with Gasteiger partial charge in [-0.15, -0.1) is 0 Å². The van der Waals surface area contributed by atoms with Crippen LogP contribution in [0.1, 0.15) is 23.4 Å². The second kappa shape index (κ2) is 7.00. The summed E-state index contributed by atoms with van der Waals surface area (Å²) in [6, 6.07) is 4.13. The molecule has 122 valence electrons. The molecule has 0 aliphatic carbocycles. The van der Waals surface area contributed by atoms with Crippen molar-refractivity contribution in [3.8, 4) is 0 Å². The van der Waals surface area contributed by atoms with Crippen molar-refractivity contribution in [2.24, 2.45) is 0 Å². The molecule has 3 rings (SSSR count). The highest BCUT2D eigenvalue weighted by atomic mass is 19.1. The number of nitrogens with zero attached hydrogens (tertiary/aromatic N) is 4. The monoisotopic (exact) mass is 315 g/mol. The number of aryl methyl sites for hydroxylation is 2. The number of rotatable bonds is 4. The molecule has 23 heavy (non-hydrogen) atoms. The molecular weight excluding hydrogens is 293 g/mol. The van der Waals surface area contributed by atoms with Gasteiger partial charge in [0, 0.05) is 31.0 Å². The first-order valence-corrected chi connectivity index (χ1v) is 7.93. The average Bonchev–Trinajstić information content (AvgIpc) is 2.53. The quantitative estimate of drug-likeness (QED) is 0.937. The van der Waals surface area contributed by atoms with Gasteiger partial charge in [0.25, 0.3) is 0 Å². The predicted molar refractivity (Wildman–Crippen MR) is 88.1 cm³/mol. The van der Waals surface area contributed by atoms with Gasteiger partial charge >= 0.3 is 0 Å². The summed E-state index contributed by atoms with van der Waals surface area (Å²) >= 11 is 0. The third-order valence-electron chi connectivity index (χ3n) is 4.05. The summed E-state index contributed by atoms with van der Waals surface area (Å²) in [7, 11) is 0. The van der Waals surface area contributed by atoms with E-state index in [1.165, 1.54) is 5.56 Å². The number of halogens is 1. The molecule has 1 saturated heterocycles. The number of hydrogen-bond donors (Lipinski definition) is 1. The summed E-state index contributed by atoms with van der Waals surface area (Å²) in [4.78, 5) is 14.8. The van der Waals surface area contributed by atoms with Crippen LogP contribution in [0, 0.1) is 13.8 Å². The Bertz CT molecular complexity index is 646. The Balaban J connectivity index is 1.62. The first kappa shape index (κ1) is 15.8. The minimum absolute atomic E-state index is 0.0929. The number of pyridine rings is 1. The molecule has 0 saturated carbocycles. The third-order valence-corrected chi connectivity index (χ3v) is 4.05. The fourth-order valence-corrected chi connectivity index (χ4v) is 2.90. The van der Waals surface area contributed by atoms with Crippen LogP contribution >= 0.6 is 0 Å². The molecule has 1 aliphatic rings. The number of anilines is 1. The highest BCUT2D eigenvalue weighted by molar-refractivity contribution is 5.37. The van der Waals surface area contributed by atoms with E-state index in [0.717, 1.165) is 23.8 Å². The van der Waals surface area contributed by atoms with E-state index in [4.69, 9.17) is 0 Å². The van der Waals surface area contributed by atoms with Crippen molar-refractivity contribution in [2.45, 2.75) is 39.0 Å². The SMILES string of the molecule is Cc1cnc(N2C[C@@H](F)C[C@H](NCc3ccnc(C)c3)C2)cn1. The Morgan fingerprint density at radius 2 is 2.04 bits per heavy atom. The molecule has 6 heteroatoms. The van der Waals surface area contributed by atoms with Crippen LogP contribution in [-0.2, 0) is 6.54 Å². The number of nitrogens with one attached hydrogen (secondary N) is 1. The van der Waals surface area contributed by atoms with Gasteiger partial charge in [-0.05, 0) is 38.0 Å². The van der Waals surface area contributed by atoms with Crippen LogP contribution in [0.4, 0.5) is 10.2 Å². The van der Waals surface area contributed by atoms with Crippen LogP contribution in [0.2, 0.25) is 0 Å². The molecule has 2 atom stereocenters. The molecule has 0 spiro atoms. The van der Waals surface area contributed by atoms with Crippen LogP contribution in [-0.4, -0.2) is 40.3 Å². The molecule has 0 radical (unpaired) electrons. The number of piperidine rings is 1. The molecule has 1 aliphatic heterocycles. The molecule has 0 unspecified atom stereocenters. The van der Waals surface area contributed by atoms with Gasteiger partial charge in [0.05, 0.1) is 24.6 Å². The highest BCUT2D eigenvalue weighted by Crippen LogP contribution is 2.19. The van der Waals surface area contributed by atoms with Crippen molar-refractivity contribution in [1.29, 1.82) is 0 Å². The summed E-state index contributed by atoms with van der Waals surface area (Å²) < 4.78 is 14.1. The third kappa shape index (κ3) is 4.22. The van der Waals surface area contributed by atoms with E-state index in [9.17, 15) is 4.39 Å². The fraction of sp³-hybridized carbons (Fsp3) is 0.471. The summed E-state index contributed by atoms with van der Waals surface area (Å²) in [6.07, 6.45) is 4.92. The topological polar surface area (TPSA) is 53.9 Å². The Labute approximate surface area is 136 Å². The summed E-state index contributed by atoms with van der Waals surface area (Å²) in [6.45, 7) is 5.70. The normalized spacial score (nSPS) is 21.4. The molecule has 2 aromatic heterocycles. The second-order valence-electron chi connectivity index (χ2n) is 6.14. The van der Waals surface area contributed by atoms with Crippen molar-refractivity contribution in [3.63, 3.8) is 0 Å². The van der Waals surface area contributed by atoms with Crippen molar-refractivity contribution in [2.75, 3.05) is 18.0 Å². The Hall–Kier alpha value is -2.08. The maximum Gasteiger partial charge on any atom is 0.147 e. The van der Waals surface area contributed by atoms with Crippen LogP contribution in [0.3, 0.4) is 0 Å². The lowest BCUT2D eigenvalue weighted by Crippen LogP contribution is -2.50. The maximum atomic E-state index is 14.1. The van der Waals surface area contributed by atoms with Gasteiger partial charge in [0.15, 0.2) is 0 Å². The van der Waals surface area contributed by atoms with Gasteiger partial charge in [-0.1, -0.05) is 0 Å². The zero-order valence-corrected chi connectivity index (χ0v) is 13.5. The van der Waals surface area contributed by atoms with E-state index in [1.807, 2.05) is 30.9 Å². The molecule has 1 N–H and O–H groups in total. The summed E-state index contributed by atoms with van der Waals surface area (Å²) in [5.41, 5.74) is 3.03. The molecular formula is C17H22FN5. The fourth-order valence-electron chi connectivity index (χ4n) is 2.90. The first-order valence-electron chi connectivity index (χ1n) is 7.93. The van der Waals surface area contributed by atoms with Gasteiger partial charge in [-0.25, -0.2) is 9.37 Å². The van der Waals surface area contributed by atoms with Crippen LogP contribution < -0.4 is 10.2 Å². The van der Waals surface area contributed by atoms with Crippen LogP contribution in [0.15, 0.2) is 30.7 Å². The maximum absolute atomic E-state index is 14.1. The lowest BCUT2D eigenvalue weighted by molar-refractivity contribution is 0.248. The zero-order chi connectivity index (χ0) is 16.2. The van der Waals surface area contributed by atoms with E-state index in [1.54, 1.807) is 18.6 Å². The Kier molecular flexibility index (Phi) is 4.81. The van der Waals surface area contributed by atoms with Gasteiger partial charge in [-0.3, -0.25) is 9.97 Å². The Morgan fingerprint density at radius 3 is 2.78 bits per heavy atom. The number of alkyl halides is 1. The molecule has 2 aromatic rings. The highest BCUT2D eigenvalue weighted by Gasteiger charge is 2.27. The van der Waals surface area contributed by atoms with Gasteiger partial charge in [-0.2, -0.15) is 0 Å². The minimum Gasteiger partial charge on any atom is -0.351 e. The standard InChI is InChI=1S/C17H22FN5/c1-12-5-14(3-4-19-12)8-21-16-6-15(18)10-23(11-16)17-9-20-13(2)7-22-17/h3-5,7,9,15-16,21H,6,8,10-11H2,1-2H3/t15-,16-/m0/s1. The van der Waals surface area contributed by atoms with Crippen LogP contribution in [0.5, 0.6) is 0 Å². The number of aromatic nitrogens is 3. The van der Waals surface area contributed by atoms with Crippen molar-refractivity contribution >= 4 is 5.82 Å². The summed E-state index contributed by atoms with van der Waals surface area (Å²) in [5.74, 6) is 0.740. The zero-order valence-electron chi connectivity index (χ0n) is 13.5. The largest absolute Gasteiger partial charge is 0.351 e. The second-order valence-corrected chi connectivity index (χ2v) is 6.14. The van der Waals surface area contributed by atoms with Crippen molar-refractivity contribution in [3.05, 3.63) is 47.7 Å². The molecule has 0 bridgehead atoms. The lowest BCUT2D eigenvalue weighted by atomic mass is 10.0. The van der Waals surface area contributed by atoms with E-state index in [-0.39, 0.29) is 6.04 Å². The van der Waals surface area contributed by atoms with Crippen molar-refractivity contribution in [1.82, 2.24) is 20.3 Å². The van der Waals surface area contributed by atoms with E-state index < -0.39 is 6.17 Å². The molecule has 5 nitrogen and oxygen atoms in total. The average molecular weight is 315 g/mol. The number of hydrogen-bond acceptors (Lipinski definition) is 5. The van der Waals surface area contributed by atoms with E-state index in [2.05, 4.69) is 20.3 Å². The van der Waals surface area contributed by atoms with Gasteiger partial charge in [0.1, 0.15) is 12.0 Å². The van der Waals surface area contributed by atoms with Gasteiger partial charge in [0.2, 0.25) is 0 Å². The van der Waals surface area contributed by atoms with Gasteiger partial charge < -0.3 is 10.2 Å². The summed E-state index contributed by atoms with van der Waals surface area (Å²) in [5, 5.41) is 3.45. The minimum atomic E-state index is -0.858. The van der Waals surface area contributed by atoms with E-state index in [0.29, 0.717) is 19.5 Å². The molecule has 1 fully saturated rings. The Morgan fingerprint density at radius 1 is 1.17 bits per heavy atom. The smallest absolute Gasteiger partial charge is 0.147 e. The van der Waals surface area contributed by atoms with E-state index >= 15 is 0 Å². The van der Waals surface area contributed by atoms with Crippen LogP contribution in [0.25, 0.3) is 0 Å². The predicted octanol–water partition coefficient (Wildman–Crippen LogP) is 2.20. The lowest BCUT2D eigenvalue weighted by Gasteiger charge is -2.35. The molecule has 3 heterocycles. The first-order chi connectivity index (χ1) is 11.1. The molecule has 0 aromatic carbocycles. The molecule has 0 amide bonds. The van der Waals surface area contributed by atoms with Crippen molar-refractivity contribution < 1.29 is 4.39 Å².